The number of hydrogen-bond acceptors (Lipinski definition) is 6. The van der Waals surface area contributed by atoms with Gasteiger partial charge in [-0.3, -0.25) is 0 Å². The van der Waals surface area contributed by atoms with Gasteiger partial charge >= 0.3 is 0 Å². The van der Waals surface area contributed by atoms with Crippen LogP contribution in [-0.4, -0.2) is 29.4 Å². The molecule has 0 unspecified atom stereocenters. The lowest BCUT2D eigenvalue weighted by Crippen LogP contribution is -2.40. The average molecular weight is 259 g/mol. The van der Waals surface area contributed by atoms with E-state index in [4.69, 9.17) is 10.5 Å². The van der Waals surface area contributed by atoms with Crippen molar-refractivity contribution in [2.45, 2.75) is 36.8 Å². The number of ether oxygens (including phenoxy) is 1. The summed E-state index contributed by atoms with van der Waals surface area (Å²) in [6, 6.07) is 0.516. The van der Waals surface area contributed by atoms with Gasteiger partial charge in [0.25, 0.3) is 0 Å². The van der Waals surface area contributed by atoms with Crippen LogP contribution in [0.4, 0.5) is 10.8 Å². The molecule has 4 nitrogen and oxygen atoms in total. The topological polar surface area (TPSA) is 60.2 Å². The highest BCUT2D eigenvalue weighted by Crippen LogP contribution is 2.37. The van der Waals surface area contributed by atoms with Gasteiger partial charge in [-0.1, -0.05) is 0 Å². The Balaban J connectivity index is 1.86. The fourth-order valence-electron chi connectivity index (χ4n) is 1.82. The minimum Gasteiger partial charge on any atom is -0.382 e. The van der Waals surface area contributed by atoms with E-state index >= 15 is 0 Å². The van der Waals surface area contributed by atoms with Gasteiger partial charge in [0, 0.05) is 12.6 Å². The molecule has 0 amide bonds. The lowest BCUT2D eigenvalue weighted by atomic mass is 9.89. The molecule has 1 saturated carbocycles. The molecule has 1 aromatic heterocycles. The van der Waals surface area contributed by atoms with Gasteiger partial charge in [-0.25, -0.2) is 0 Å². The van der Waals surface area contributed by atoms with Crippen LogP contribution >= 0.6 is 23.3 Å². The van der Waals surface area contributed by atoms with Crippen molar-refractivity contribution in [3.05, 3.63) is 0 Å². The van der Waals surface area contributed by atoms with Crippen LogP contribution in [0.5, 0.6) is 0 Å². The number of hydrogen-bond donors (Lipinski definition) is 2. The van der Waals surface area contributed by atoms with E-state index < -0.39 is 0 Å². The summed E-state index contributed by atoms with van der Waals surface area (Å²) in [6.07, 6.45) is 4.62. The Morgan fingerprint density at radius 1 is 1.62 bits per heavy atom. The molecule has 0 spiro atoms. The largest absolute Gasteiger partial charge is 0.382 e. The van der Waals surface area contributed by atoms with Crippen molar-refractivity contribution in [2.24, 2.45) is 0 Å². The average Bonchev–Trinajstić information content (AvgIpc) is 2.56. The van der Waals surface area contributed by atoms with Crippen molar-refractivity contribution in [3.8, 4) is 0 Å². The monoisotopic (exact) mass is 259 g/mol. The van der Waals surface area contributed by atoms with E-state index in [1.807, 2.05) is 13.2 Å². The zero-order chi connectivity index (χ0) is 11.5. The molecule has 3 N–H and O–H groups in total. The second-order valence-electron chi connectivity index (χ2n) is 3.82. The number of nitrogens with one attached hydrogen (secondary N) is 1. The summed E-state index contributed by atoms with van der Waals surface area (Å²) in [6.45, 7) is 2.84. The van der Waals surface area contributed by atoms with Gasteiger partial charge in [0.1, 0.15) is 5.00 Å². The SMILES string of the molecule is CCOC1CC(Nc2snc(N)c2SC)C1. The summed E-state index contributed by atoms with van der Waals surface area (Å²) in [5, 5.41) is 4.58. The van der Waals surface area contributed by atoms with E-state index in [9.17, 15) is 0 Å². The molecule has 0 aromatic carbocycles. The highest BCUT2D eigenvalue weighted by atomic mass is 32.2. The summed E-state index contributed by atoms with van der Waals surface area (Å²) in [4.78, 5) is 1.07. The van der Waals surface area contributed by atoms with Crippen molar-refractivity contribution in [3.63, 3.8) is 0 Å². The predicted molar refractivity (Wildman–Crippen MR) is 70.4 cm³/mol. The van der Waals surface area contributed by atoms with E-state index in [0.29, 0.717) is 18.0 Å². The normalized spacial score (nSPS) is 24.1. The third kappa shape index (κ3) is 2.44. The van der Waals surface area contributed by atoms with Crippen LogP contribution < -0.4 is 11.1 Å². The van der Waals surface area contributed by atoms with Gasteiger partial charge in [-0.2, -0.15) is 4.37 Å². The Kier molecular flexibility index (Phi) is 3.94. The van der Waals surface area contributed by atoms with Gasteiger partial charge in [0.05, 0.1) is 11.0 Å². The standard InChI is InChI=1S/C10H17N3OS2/c1-3-14-7-4-6(5-7)12-10-8(15-2)9(11)13-16-10/h6-7,12H,3-5H2,1-2H3,(H2,11,13). The number of nitrogen functional groups attached to an aromatic ring is 1. The van der Waals surface area contributed by atoms with Gasteiger partial charge in [-0.15, -0.1) is 11.8 Å². The molecule has 1 aromatic rings. The maximum Gasteiger partial charge on any atom is 0.153 e. The lowest BCUT2D eigenvalue weighted by Gasteiger charge is -2.35. The maximum absolute atomic E-state index is 5.78. The van der Waals surface area contributed by atoms with Crippen molar-refractivity contribution >= 4 is 34.1 Å². The second-order valence-corrected chi connectivity index (χ2v) is 5.41. The van der Waals surface area contributed by atoms with E-state index in [0.717, 1.165) is 29.3 Å². The molecule has 16 heavy (non-hydrogen) atoms. The van der Waals surface area contributed by atoms with Crippen LogP contribution in [-0.2, 0) is 4.74 Å². The second kappa shape index (κ2) is 5.25. The van der Waals surface area contributed by atoms with Crippen molar-refractivity contribution in [1.82, 2.24) is 4.37 Å². The number of nitrogens with two attached hydrogens (primary N) is 1. The van der Waals surface area contributed by atoms with Crippen LogP contribution in [0.1, 0.15) is 19.8 Å². The highest BCUT2D eigenvalue weighted by Gasteiger charge is 2.30. The van der Waals surface area contributed by atoms with Crippen LogP contribution in [0, 0.1) is 0 Å². The number of anilines is 2. The number of thioether (sulfide) groups is 1. The molecule has 0 radical (unpaired) electrons. The molecular formula is C10H17N3OS2. The Morgan fingerprint density at radius 2 is 2.38 bits per heavy atom. The molecule has 6 heteroatoms. The van der Waals surface area contributed by atoms with E-state index in [-0.39, 0.29) is 0 Å². The van der Waals surface area contributed by atoms with E-state index in [2.05, 4.69) is 9.69 Å². The van der Waals surface area contributed by atoms with Crippen LogP contribution in [0.3, 0.4) is 0 Å². The first-order chi connectivity index (χ1) is 7.74. The highest BCUT2D eigenvalue weighted by molar-refractivity contribution is 7.99. The third-order valence-electron chi connectivity index (χ3n) is 2.71. The minimum absolute atomic E-state index is 0.436. The predicted octanol–water partition coefficient (Wildman–Crippen LogP) is 2.43. The summed E-state index contributed by atoms with van der Waals surface area (Å²) >= 11 is 3.09. The quantitative estimate of drug-likeness (QED) is 0.795. The fourth-order valence-corrected chi connectivity index (χ4v) is 3.43. The first-order valence-corrected chi connectivity index (χ1v) is 7.41. The molecule has 90 valence electrons. The number of aromatic nitrogens is 1. The minimum atomic E-state index is 0.436. The van der Waals surface area contributed by atoms with Crippen molar-refractivity contribution < 1.29 is 4.74 Å². The molecule has 1 aliphatic rings. The Hall–Kier alpha value is -0.460. The zero-order valence-corrected chi connectivity index (χ0v) is 11.2. The van der Waals surface area contributed by atoms with E-state index in [1.165, 1.54) is 11.5 Å². The summed E-state index contributed by atoms with van der Waals surface area (Å²) in [7, 11) is 0. The van der Waals surface area contributed by atoms with Crippen LogP contribution in [0.2, 0.25) is 0 Å². The van der Waals surface area contributed by atoms with Gasteiger partial charge < -0.3 is 15.8 Å². The third-order valence-corrected chi connectivity index (χ3v) is 4.45. The van der Waals surface area contributed by atoms with Gasteiger partial charge in [0.15, 0.2) is 5.82 Å². The molecule has 1 heterocycles. The Bertz CT molecular complexity index is 350. The molecule has 0 saturated heterocycles. The Labute approximate surface area is 104 Å². The molecule has 1 aliphatic carbocycles. The van der Waals surface area contributed by atoms with Gasteiger partial charge in [-0.05, 0) is 37.6 Å². The van der Waals surface area contributed by atoms with E-state index in [1.54, 1.807) is 11.8 Å². The molecule has 0 aliphatic heterocycles. The van der Waals surface area contributed by atoms with Crippen molar-refractivity contribution in [2.75, 3.05) is 23.9 Å². The maximum atomic E-state index is 5.78. The first-order valence-electron chi connectivity index (χ1n) is 5.41. The Morgan fingerprint density at radius 3 is 3.00 bits per heavy atom. The molecule has 2 rings (SSSR count). The summed E-state index contributed by atoms with van der Waals surface area (Å²) in [5.41, 5.74) is 5.78. The molecule has 0 atom stereocenters. The summed E-state index contributed by atoms with van der Waals surface area (Å²) < 4.78 is 9.68. The zero-order valence-electron chi connectivity index (χ0n) is 9.53. The van der Waals surface area contributed by atoms with Crippen LogP contribution in [0.25, 0.3) is 0 Å². The fraction of sp³-hybridized carbons (Fsp3) is 0.700. The first kappa shape index (κ1) is 12.0. The number of rotatable bonds is 5. The molecular weight excluding hydrogens is 242 g/mol. The number of nitrogens with zero attached hydrogens (tertiary/aromatic N) is 1. The van der Waals surface area contributed by atoms with Crippen molar-refractivity contribution in [1.29, 1.82) is 0 Å². The summed E-state index contributed by atoms with van der Waals surface area (Å²) in [5.74, 6) is 0.640. The van der Waals surface area contributed by atoms with Crippen LogP contribution in [0.15, 0.2) is 4.90 Å². The molecule has 1 fully saturated rings. The lowest BCUT2D eigenvalue weighted by molar-refractivity contribution is 0.00302. The van der Waals surface area contributed by atoms with Gasteiger partial charge in [0.2, 0.25) is 0 Å². The smallest absolute Gasteiger partial charge is 0.153 e. The molecule has 0 bridgehead atoms.